The summed E-state index contributed by atoms with van der Waals surface area (Å²) < 4.78 is 0. The number of azo groups is 1. The van der Waals surface area contributed by atoms with E-state index in [1.807, 2.05) is 0 Å². The molecule has 3 nitrogen and oxygen atoms in total. The molecule has 0 saturated heterocycles. The second-order valence-electron chi connectivity index (χ2n) is 5.96. The van der Waals surface area contributed by atoms with Gasteiger partial charge in [0.1, 0.15) is 0 Å². The van der Waals surface area contributed by atoms with Gasteiger partial charge in [-0.05, 0) is 45.4 Å². The summed E-state index contributed by atoms with van der Waals surface area (Å²) in [6.07, 6.45) is 11.4. The number of hydrogen-bond acceptors (Lipinski definition) is 3. The fourth-order valence-electron chi connectivity index (χ4n) is 3.00. The zero-order valence-electron chi connectivity index (χ0n) is 10.9. The Labute approximate surface area is 104 Å². The second kappa shape index (κ2) is 5.16. The van der Waals surface area contributed by atoms with E-state index in [1.54, 1.807) is 0 Å². The van der Waals surface area contributed by atoms with Crippen LogP contribution in [0.4, 0.5) is 0 Å². The maximum Gasteiger partial charge on any atom is 0.167 e. The van der Waals surface area contributed by atoms with Gasteiger partial charge in [-0.15, -0.1) is 0 Å². The Balaban J connectivity index is 2.04. The van der Waals surface area contributed by atoms with E-state index in [0.29, 0.717) is 0 Å². The average molecular weight is 233 g/mol. The van der Waals surface area contributed by atoms with E-state index in [2.05, 4.69) is 23.2 Å². The first-order valence-corrected chi connectivity index (χ1v) is 7.04. The van der Waals surface area contributed by atoms with Gasteiger partial charge in [0.05, 0.1) is 11.6 Å². The van der Waals surface area contributed by atoms with E-state index in [9.17, 15) is 5.26 Å². The van der Waals surface area contributed by atoms with Crippen LogP contribution in [-0.4, -0.2) is 11.1 Å². The van der Waals surface area contributed by atoms with E-state index in [-0.39, 0.29) is 5.54 Å². The second-order valence-corrected chi connectivity index (χ2v) is 5.96. The molecule has 94 valence electrons. The molecule has 0 aromatic carbocycles. The van der Waals surface area contributed by atoms with Crippen molar-refractivity contribution in [1.82, 2.24) is 0 Å². The Bertz CT molecular complexity index is 315. The van der Waals surface area contributed by atoms with Crippen LogP contribution < -0.4 is 0 Å². The minimum Gasteiger partial charge on any atom is -0.196 e. The van der Waals surface area contributed by atoms with Gasteiger partial charge in [-0.3, -0.25) is 0 Å². The molecule has 0 aromatic heterocycles. The lowest BCUT2D eigenvalue weighted by atomic mass is 9.83. The van der Waals surface area contributed by atoms with Crippen molar-refractivity contribution in [3.8, 4) is 6.07 Å². The molecule has 2 saturated carbocycles. The van der Waals surface area contributed by atoms with Crippen LogP contribution in [-0.2, 0) is 0 Å². The van der Waals surface area contributed by atoms with E-state index >= 15 is 0 Å². The molecule has 0 bridgehead atoms. The lowest BCUT2D eigenvalue weighted by Crippen LogP contribution is -2.30. The van der Waals surface area contributed by atoms with Crippen LogP contribution in [0.2, 0.25) is 0 Å². The standard InChI is InChI=1S/C14H23N3/c1-13(8-4-2-5-9-13)16-17-14(12-15)10-6-3-7-11-14/h2-11H2,1H3/b17-16+. The highest BCUT2D eigenvalue weighted by molar-refractivity contribution is 5.08. The minimum absolute atomic E-state index is 0.0134. The van der Waals surface area contributed by atoms with E-state index in [4.69, 9.17) is 0 Å². The van der Waals surface area contributed by atoms with Gasteiger partial charge in [0, 0.05) is 0 Å². The normalized spacial score (nSPS) is 27.8. The highest BCUT2D eigenvalue weighted by Crippen LogP contribution is 2.36. The highest BCUT2D eigenvalue weighted by Gasteiger charge is 2.34. The molecule has 0 amide bonds. The Morgan fingerprint density at radius 2 is 1.35 bits per heavy atom. The molecule has 2 aliphatic carbocycles. The molecule has 3 heteroatoms. The summed E-state index contributed by atoms with van der Waals surface area (Å²) >= 11 is 0. The molecule has 2 rings (SSSR count). The van der Waals surface area contributed by atoms with Crippen LogP contribution in [0.1, 0.15) is 71.1 Å². The zero-order chi connectivity index (χ0) is 12.2. The van der Waals surface area contributed by atoms with Crippen molar-refractivity contribution in [2.45, 2.75) is 82.2 Å². The molecule has 2 aliphatic rings. The summed E-state index contributed by atoms with van der Waals surface area (Å²) in [7, 11) is 0. The SMILES string of the molecule is CC1(/N=N/C2(C#N)CCCCC2)CCCCC1. The third-order valence-corrected chi connectivity index (χ3v) is 4.30. The van der Waals surface area contributed by atoms with Gasteiger partial charge in [0.15, 0.2) is 5.54 Å². The summed E-state index contributed by atoms with van der Waals surface area (Å²) in [6.45, 7) is 2.20. The lowest BCUT2D eigenvalue weighted by molar-refractivity contribution is 0.283. The molecule has 0 spiro atoms. The van der Waals surface area contributed by atoms with Gasteiger partial charge < -0.3 is 0 Å². The van der Waals surface area contributed by atoms with Crippen LogP contribution in [0.5, 0.6) is 0 Å². The van der Waals surface area contributed by atoms with Gasteiger partial charge >= 0.3 is 0 Å². The number of nitrogens with zero attached hydrogens (tertiary/aromatic N) is 3. The van der Waals surface area contributed by atoms with Crippen LogP contribution >= 0.6 is 0 Å². The Morgan fingerprint density at radius 1 is 0.824 bits per heavy atom. The third-order valence-electron chi connectivity index (χ3n) is 4.30. The van der Waals surface area contributed by atoms with Gasteiger partial charge in [-0.2, -0.15) is 15.5 Å². The summed E-state index contributed by atoms with van der Waals surface area (Å²) in [5, 5.41) is 18.4. The molecule has 0 aromatic rings. The van der Waals surface area contributed by atoms with Crippen LogP contribution in [0.25, 0.3) is 0 Å². The number of hydrogen-bond donors (Lipinski definition) is 0. The number of rotatable bonds is 2. The van der Waals surface area contributed by atoms with Crippen molar-refractivity contribution in [1.29, 1.82) is 5.26 Å². The van der Waals surface area contributed by atoms with Crippen molar-refractivity contribution in [2.75, 3.05) is 0 Å². The lowest BCUT2D eigenvalue weighted by Gasteiger charge is -2.31. The van der Waals surface area contributed by atoms with Gasteiger partial charge in [-0.1, -0.05) is 25.7 Å². The monoisotopic (exact) mass is 233 g/mol. The quantitative estimate of drug-likeness (QED) is 0.652. The Kier molecular flexibility index (Phi) is 3.81. The minimum atomic E-state index is -0.487. The largest absolute Gasteiger partial charge is 0.196 e. The summed E-state index contributed by atoms with van der Waals surface area (Å²) in [4.78, 5) is 0. The van der Waals surface area contributed by atoms with Gasteiger partial charge in [-0.25, -0.2) is 0 Å². The predicted octanol–water partition coefficient (Wildman–Crippen LogP) is 4.39. The molecule has 0 aliphatic heterocycles. The number of nitriles is 1. The van der Waals surface area contributed by atoms with Gasteiger partial charge in [0.25, 0.3) is 0 Å². The molecule has 0 N–H and O–H groups in total. The predicted molar refractivity (Wildman–Crippen MR) is 67.8 cm³/mol. The third kappa shape index (κ3) is 3.06. The summed E-state index contributed by atoms with van der Waals surface area (Å²) in [5.41, 5.74) is -0.474. The maximum absolute atomic E-state index is 9.35. The molecular formula is C14H23N3. The van der Waals surface area contributed by atoms with Crippen molar-refractivity contribution in [2.24, 2.45) is 10.2 Å². The Morgan fingerprint density at radius 3 is 1.88 bits per heavy atom. The zero-order valence-corrected chi connectivity index (χ0v) is 10.9. The van der Waals surface area contributed by atoms with Crippen molar-refractivity contribution in [3.63, 3.8) is 0 Å². The van der Waals surface area contributed by atoms with Crippen LogP contribution in [0, 0.1) is 11.3 Å². The first-order chi connectivity index (χ1) is 8.18. The molecule has 2 fully saturated rings. The molecule has 0 atom stereocenters. The summed E-state index contributed by atoms with van der Waals surface area (Å²) in [6, 6.07) is 2.41. The average Bonchev–Trinajstić information content (AvgIpc) is 2.39. The van der Waals surface area contributed by atoms with E-state index in [1.165, 1.54) is 25.7 Å². The van der Waals surface area contributed by atoms with Crippen LogP contribution in [0.3, 0.4) is 0 Å². The van der Waals surface area contributed by atoms with Crippen molar-refractivity contribution < 1.29 is 0 Å². The van der Waals surface area contributed by atoms with Crippen molar-refractivity contribution in [3.05, 3.63) is 0 Å². The van der Waals surface area contributed by atoms with E-state index < -0.39 is 5.54 Å². The molecule has 0 unspecified atom stereocenters. The smallest absolute Gasteiger partial charge is 0.167 e. The van der Waals surface area contributed by atoms with Crippen LogP contribution in [0.15, 0.2) is 10.2 Å². The fraction of sp³-hybridized carbons (Fsp3) is 0.929. The molecule has 17 heavy (non-hydrogen) atoms. The molecular weight excluding hydrogens is 210 g/mol. The first-order valence-electron chi connectivity index (χ1n) is 7.04. The Hall–Kier alpha value is -0.910. The van der Waals surface area contributed by atoms with Crippen molar-refractivity contribution >= 4 is 0 Å². The maximum atomic E-state index is 9.35. The van der Waals surface area contributed by atoms with Gasteiger partial charge in [0.2, 0.25) is 0 Å². The molecule has 0 radical (unpaired) electrons. The highest BCUT2D eigenvalue weighted by atomic mass is 15.2. The fourth-order valence-corrected chi connectivity index (χ4v) is 3.00. The summed E-state index contributed by atoms with van der Waals surface area (Å²) in [5.74, 6) is 0. The molecule has 0 heterocycles. The van der Waals surface area contributed by atoms with E-state index in [0.717, 1.165) is 38.5 Å². The first kappa shape index (κ1) is 12.5. The topological polar surface area (TPSA) is 48.5 Å².